The van der Waals surface area contributed by atoms with Gasteiger partial charge in [-0.2, -0.15) is 0 Å². The van der Waals surface area contributed by atoms with Gasteiger partial charge in [-0.1, -0.05) is 29.8 Å². The molecule has 1 heterocycles. The third kappa shape index (κ3) is 3.48. The number of amides is 1. The smallest absolute Gasteiger partial charge is 0.264 e. The third-order valence-electron chi connectivity index (χ3n) is 4.65. The van der Waals surface area contributed by atoms with E-state index in [1.54, 1.807) is 36.4 Å². The number of anilines is 2. The van der Waals surface area contributed by atoms with Crippen LogP contribution in [0.1, 0.15) is 15.9 Å². The second-order valence-electron chi connectivity index (χ2n) is 6.44. The molecular weight excluding hydrogens is 396 g/mol. The summed E-state index contributed by atoms with van der Waals surface area (Å²) in [5, 5.41) is 3.30. The van der Waals surface area contributed by atoms with Gasteiger partial charge in [-0.3, -0.25) is 9.10 Å². The van der Waals surface area contributed by atoms with Gasteiger partial charge in [-0.15, -0.1) is 0 Å². The molecule has 0 unspecified atom stereocenters. The molecule has 0 aliphatic carbocycles. The second-order valence-corrected chi connectivity index (χ2v) is 8.74. The van der Waals surface area contributed by atoms with E-state index < -0.39 is 10.0 Å². The van der Waals surface area contributed by atoms with E-state index in [0.29, 0.717) is 29.2 Å². The number of sulfonamides is 1. The first kappa shape index (κ1) is 18.5. The highest BCUT2D eigenvalue weighted by molar-refractivity contribution is 7.92. The summed E-state index contributed by atoms with van der Waals surface area (Å²) in [6, 6.07) is 20.2. The summed E-state index contributed by atoms with van der Waals surface area (Å²) in [6.07, 6.45) is 0.699. The van der Waals surface area contributed by atoms with E-state index in [2.05, 4.69) is 5.32 Å². The van der Waals surface area contributed by atoms with Gasteiger partial charge in [0.15, 0.2) is 0 Å². The van der Waals surface area contributed by atoms with E-state index in [1.165, 1.54) is 16.4 Å². The van der Waals surface area contributed by atoms with Crippen LogP contribution in [0.4, 0.5) is 11.4 Å². The minimum Gasteiger partial charge on any atom is -0.322 e. The van der Waals surface area contributed by atoms with Gasteiger partial charge in [0.25, 0.3) is 15.9 Å². The summed E-state index contributed by atoms with van der Waals surface area (Å²) < 4.78 is 27.5. The van der Waals surface area contributed by atoms with Crippen molar-refractivity contribution < 1.29 is 13.2 Å². The van der Waals surface area contributed by atoms with Gasteiger partial charge in [0.05, 0.1) is 10.6 Å². The highest BCUT2D eigenvalue weighted by atomic mass is 35.5. The Morgan fingerprint density at radius 2 is 1.61 bits per heavy atom. The first-order valence-electron chi connectivity index (χ1n) is 8.73. The Balaban J connectivity index is 1.53. The lowest BCUT2D eigenvalue weighted by Gasteiger charge is -2.19. The average Bonchev–Trinajstić information content (AvgIpc) is 3.14. The van der Waals surface area contributed by atoms with Gasteiger partial charge in [-0.25, -0.2) is 8.42 Å². The molecule has 0 radical (unpaired) electrons. The van der Waals surface area contributed by atoms with Gasteiger partial charge in [0.2, 0.25) is 0 Å². The predicted molar refractivity (Wildman–Crippen MR) is 111 cm³/mol. The molecule has 1 amide bonds. The van der Waals surface area contributed by atoms with E-state index in [0.717, 1.165) is 11.3 Å². The lowest BCUT2D eigenvalue weighted by molar-refractivity contribution is 0.102. The summed E-state index contributed by atoms with van der Waals surface area (Å²) >= 11 is 5.83. The van der Waals surface area contributed by atoms with Crippen molar-refractivity contribution in [1.29, 1.82) is 0 Å². The number of carbonyl (C=O) groups excluding carboxylic acids is 1. The fourth-order valence-corrected chi connectivity index (χ4v) is 4.83. The Labute approximate surface area is 168 Å². The number of rotatable bonds is 4. The number of nitrogens with zero attached hydrogens (tertiary/aromatic N) is 1. The molecule has 0 saturated heterocycles. The Hall–Kier alpha value is -2.83. The lowest BCUT2D eigenvalue weighted by atomic mass is 10.2. The molecule has 4 rings (SSSR count). The Bertz CT molecular complexity index is 1130. The van der Waals surface area contributed by atoms with Crippen molar-refractivity contribution in [2.75, 3.05) is 16.2 Å². The molecule has 142 valence electrons. The van der Waals surface area contributed by atoms with Crippen LogP contribution in [0.5, 0.6) is 0 Å². The summed E-state index contributed by atoms with van der Waals surface area (Å²) in [4.78, 5) is 12.5. The Morgan fingerprint density at radius 1 is 0.929 bits per heavy atom. The van der Waals surface area contributed by atoms with Crippen molar-refractivity contribution in [2.24, 2.45) is 0 Å². The molecule has 0 fully saturated rings. The van der Waals surface area contributed by atoms with Crippen LogP contribution >= 0.6 is 11.6 Å². The number of hydrogen-bond donors (Lipinski definition) is 1. The zero-order valence-corrected chi connectivity index (χ0v) is 16.4. The molecule has 0 bridgehead atoms. The maximum atomic E-state index is 13.0. The molecule has 1 aliphatic heterocycles. The van der Waals surface area contributed by atoms with Crippen LogP contribution in [0.3, 0.4) is 0 Å². The lowest BCUT2D eigenvalue weighted by Crippen LogP contribution is -2.29. The number of halogens is 1. The zero-order chi connectivity index (χ0) is 19.7. The van der Waals surface area contributed by atoms with Crippen molar-refractivity contribution in [1.82, 2.24) is 0 Å². The zero-order valence-electron chi connectivity index (χ0n) is 14.8. The van der Waals surface area contributed by atoms with Crippen molar-refractivity contribution in [3.8, 4) is 0 Å². The van der Waals surface area contributed by atoms with Crippen molar-refractivity contribution in [3.63, 3.8) is 0 Å². The second kappa shape index (κ2) is 7.30. The molecule has 1 N–H and O–H groups in total. The molecule has 5 nitrogen and oxygen atoms in total. The van der Waals surface area contributed by atoms with Gasteiger partial charge >= 0.3 is 0 Å². The van der Waals surface area contributed by atoms with Gasteiger partial charge < -0.3 is 5.32 Å². The summed E-state index contributed by atoms with van der Waals surface area (Å²) in [7, 11) is -3.65. The van der Waals surface area contributed by atoms with Crippen LogP contribution in [-0.4, -0.2) is 20.9 Å². The van der Waals surface area contributed by atoms with Crippen LogP contribution in [0.15, 0.2) is 77.7 Å². The fraction of sp³-hybridized carbons (Fsp3) is 0.0952. The highest BCUT2D eigenvalue weighted by Gasteiger charge is 2.30. The number of carbonyl (C=O) groups is 1. The summed E-state index contributed by atoms with van der Waals surface area (Å²) in [6.45, 7) is 0.427. The van der Waals surface area contributed by atoms with Crippen LogP contribution < -0.4 is 9.62 Å². The molecule has 0 spiro atoms. The van der Waals surface area contributed by atoms with Crippen molar-refractivity contribution in [3.05, 3.63) is 88.9 Å². The summed E-state index contributed by atoms with van der Waals surface area (Å²) in [5.41, 5.74) is 2.73. The number of hydrogen-bond acceptors (Lipinski definition) is 3. The maximum Gasteiger partial charge on any atom is 0.264 e. The van der Waals surface area contributed by atoms with Crippen LogP contribution in [0.2, 0.25) is 5.02 Å². The molecule has 1 aliphatic rings. The number of benzene rings is 3. The van der Waals surface area contributed by atoms with E-state index in [4.69, 9.17) is 11.6 Å². The van der Waals surface area contributed by atoms with Crippen molar-refractivity contribution in [2.45, 2.75) is 11.3 Å². The summed E-state index contributed by atoms with van der Waals surface area (Å²) in [5.74, 6) is -0.291. The van der Waals surface area contributed by atoms with E-state index in [1.807, 2.05) is 24.3 Å². The van der Waals surface area contributed by atoms with Gasteiger partial charge in [-0.05, 0) is 66.6 Å². The number of para-hydroxylation sites is 1. The quantitative estimate of drug-likeness (QED) is 0.693. The van der Waals surface area contributed by atoms with E-state index in [9.17, 15) is 13.2 Å². The molecule has 7 heteroatoms. The normalized spacial score (nSPS) is 13.2. The number of fused-ring (bicyclic) bond motifs is 1. The third-order valence-corrected chi connectivity index (χ3v) is 6.73. The predicted octanol–water partition coefficient (Wildman–Crippen LogP) is 4.34. The molecule has 3 aromatic rings. The minimum absolute atomic E-state index is 0.189. The first-order chi connectivity index (χ1) is 13.4. The van der Waals surface area contributed by atoms with Gasteiger partial charge in [0, 0.05) is 22.8 Å². The van der Waals surface area contributed by atoms with Crippen LogP contribution in [-0.2, 0) is 16.4 Å². The van der Waals surface area contributed by atoms with E-state index in [-0.39, 0.29) is 10.8 Å². The van der Waals surface area contributed by atoms with E-state index >= 15 is 0 Å². The molecule has 28 heavy (non-hydrogen) atoms. The average molecular weight is 413 g/mol. The topological polar surface area (TPSA) is 66.5 Å². The number of nitrogens with one attached hydrogen (secondary N) is 1. The SMILES string of the molecule is O=C(Nc1ccc(S(=O)(=O)N2CCc3ccccc32)cc1)c1ccc(Cl)cc1. The molecule has 0 aromatic heterocycles. The van der Waals surface area contributed by atoms with Crippen molar-refractivity contribution >= 4 is 38.9 Å². The highest BCUT2D eigenvalue weighted by Crippen LogP contribution is 2.32. The molecule has 3 aromatic carbocycles. The molecule has 0 atom stereocenters. The Kier molecular flexibility index (Phi) is 4.83. The van der Waals surface area contributed by atoms with Crippen LogP contribution in [0, 0.1) is 0 Å². The minimum atomic E-state index is -3.65. The monoisotopic (exact) mass is 412 g/mol. The Morgan fingerprint density at radius 3 is 2.32 bits per heavy atom. The fourth-order valence-electron chi connectivity index (χ4n) is 3.20. The molecule has 0 saturated carbocycles. The van der Waals surface area contributed by atoms with Crippen LogP contribution in [0.25, 0.3) is 0 Å². The maximum absolute atomic E-state index is 13.0. The molecular formula is C21H17ClN2O3S. The standard InChI is InChI=1S/C21H17ClN2O3S/c22-17-7-5-16(6-8-17)21(25)23-18-9-11-19(12-10-18)28(26,27)24-14-13-15-3-1-2-4-20(15)24/h1-12H,13-14H2,(H,23,25). The first-order valence-corrected chi connectivity index (χ1v) is 10.5. The van der Waals surface area contributed by atoms with Gasteiger partial charge in [0.1, 0.15) is 0 Å². The largest absolute Gasteiger partial charge is 0.322 e.